The van der Waals surface area contributed by atoms with E-state index in [9.17, 15) is 0 Å². The van der Waals surface area contributed by atoms with Gasteiger partial charge in [-0.15, -0.1) is 0 Å². The molecule has 1 atom stereocenters. The van der Waals surface area contributed by atoms with Crippen molar-refractivity contribution in [1.82, 2.24) is 25.0 Å². The third-order valence-electron chi connectivity index (χ3n) is 2.97. The Morgan fingerprint density at radius 2 is 2.22 bits per heavy atom. The van der Waals surface area contributed by atoms with E-state index < -0.39 is 0 Å². The largest absolute Gasteiger partial charge is 0.276 e. The Morgan fingerprint density at radius 1 is 1.44 bits per heavy atom. The van der Waals surface area contributed by atoms with Gasteiger partial charge < -0.3 is 0 Å². The summed E-state index contributed by atoms with van der Waals surface area (Å²) in [6, 6.07) is 4.10. The number of nitrogens with zero attached hydrogens (tertiary/aromatic N) is 4. The summed E-state index contributed by atoms with van der Waals surface area (Å²) in [5, 5.41) is 8.82. The van der Waals surface area contributed by atoms with Crippen LogP contribution in [0, 0.1) is 6.92 Å². The summed E-state index contributed by atoms with van der Waals surface area (Å²) in [5.74, 6) is 5.67. The van der Waals surface area contributed by atoms with Gasteiger partial charge in [0.1, 0.15) is 0 Å². The highest BCUT2D eigenvalue weighted by atomic mass is 15.3. The van der Waals surface area contributed by atoms with Crippen molar-refractivity contribution in [2.45, 2.75) is 32.9 Å². The Kier molecular flexibility index (Phi) is 3.78. The van der Waals surface area contributed by atoms with Crippen molar-refractivity contribution in [3.8, 4) is 0 Å². The van der Waals surface area contributed by atoms with Crippen molar-refractivity contribution in [3.63, 3.8) is 0 Å². The van der Waals surface area contributed by atoms with Crippen LogP contribution in [-0.4, -0.2) is 19.6 Å². The van der Waals surface area contributed by atoms with Gasteiger partial charge in [0.25, 0.3) is 0 Å². The molecule has 0 radical (unpaired) electrons. The molecule has 6 heteroatoms. The minimum absolute atomic E-state index is 0.0288. The fourth-order valence-electron chi connectivity index (χ4n) is 2.13. The summed E-state index contributed by atoms with van der Waals surface area (Å²) in [6.07, 6.45) is 2.69. The number of nitrogens with two attached hydrogens (primary N) is 1. The second-order valence-corrected chi connectivity index (χ2v) is 4.43. The Balaban J connectivity index is 2.22. The van der Waals surface area contributed by atoms with Crippen molar-refractivity contribution in [2.24, 2.45) is 12.9 Å². The molecule has 0 aromatic carbocycles. The first-order chi connectivity index (χ1) is 8.63. The van der Waals surface area contributed by atoms with E-state index in [4.69, 9.17) is 5.84 Å². The van der Waals surface area contributed by atoms with Crippen LogP contribution >= 0.6 is 0 Å². The van der Waals surface area contributed by atoms with Crippen molar-refractivity contribution in [2.75, 3.05) is 0 Å². The molecule has 6 nitrogen and oxygen atoms in total. The van der Waals surface area contributed by atoms with Crippen LogP contribution in [0.15, 0.2) is 18.3 Å². The monoisotopic (exact) mass is 248 g/mol. The van der Waals surface area contributed by atoms with E-state index in [1.165, 1.54) is 0 Å². The lowest BCUT2D eigenvalue weighted by Gasteiger charge is -2.15. The third-order valence-corrected chi connectivity index (χ3v) is 2.97. The average Bonchev–Trinajstić information content (AvgIpc) is 2.92. The summed E-state index contributed by atoms with van der Waals surface area (Å²) >= 11 is 0. The fourth-order valence-corrected chi connectivity index (χ4v) is 2.13. The van der Waals surface area contributed by atoms with Crippen molar-refractivity contribution < 1.29 is 0 Å². The van der Waals surface area contributed by atoms with Crippen molar-refractivity contribution in [3.05, 3.63) is 35.4 Å². The number of hydrogen-bond donors (Lipinski definition) is 2. The van der Waals surface area contributed by atoms with Gasteiger partial charge in [0, 0.05) is 26.2 Å². The number of hydrazine groups is 1. The molecule has 0 aliphatic heterocycles. The van der Waals surface area contributed by atoms with Crippen molar-refractivity contribution in [1.29, 1.82) is 0 Å². The number of aromatic nitrogens is 4. The minimum Gasteiger partial charge on any atom is -0.276 e. The van der Waals surface area contributed by atoms with E-state index in [-0.39, 0.29) is 6.04 Å². The minimum atomic E-state index is 0.0288. The average molecular weight is 248 g/mol. The van der Waals surface area contributed by atoms with Crippen LogP contribution in [0.2, 0.25) is 0 Å². The second kappa shape index (κ2) is 5.32. The van der Waals surface area contributed by atoms with Gasteiger partial charge >= 0.3 is 0 Å². The Labute approximate surface area is 107 Å². The van der Waals surface area contributed by atoms with Gasteiger partial charge in [0.2, 0.25) is 0 Å². The molecule has 0 aliphatic rings. The molecule has 0 spiro atoms. The lowest BCUT2D eigenvalue weighted by Crippen LogP contribution is -2.31. The molecular weight excluding hydrogens is 228 g/mol. The topological polar surface area (TPSA) is 73.7 Å². The van der Waals surface area contributed by atoms with Crippen LogP contribution in [0.3, 0.4) is 0 Å². The Bertz CT molecular complexity index is 512. The molecule has 0 saturated heterocycles. The molecular formula is C12H20N6. The predicted octanol–water partition coefficient (Wildman–Crippen LogP) is 0.692. The molecule has 2 aromatic heterocycles. The summed E-state index contributed by atoms with van der Waals surface area (Å²) in [7, 11) is 1.91. The highest BCUT2D eigenvalue weighted by Crippen LogP contribution is 2.18. The maximum absolute atomic E-state index is 5.67. The predicted molar refractivity (Wildman–Crippen MR) is 69.6 cm³/mol. The van der Waals surface area contributed by atoms with Gasteiger partial charge in [-0.3, -0.25) is 20.6 Å². The van der Waals surface area contributed by atoms with E-state index in [2.05, 4.69) is 28.6 Å². The summed E-state index contributed by atoms with van der Waals surface area (Å²) in [4.78, 5) is 0. The number of nitrogens with one attached hydrogen (secondary N) is 1. The molecule has 0 fully saturated rings. The summed E-state index contributed by atoms with van der Waals surface area (Å²) in [6.45, 7) is 4.90. The van der Waals surface area contributed by atoms with Crippen LogP contribution in [0.1, 0.15) is 30.0 Å². The summed E-state index contributed by atoms with van der Waals surface area (Å²) in [5.41, 5.74) is 5.98. The van der Waals surface area contributed by atoms with Gasteiger partial charge in [0.15, 0.2) is 0 Å². The van der Waals surface area contributed by atoms with Gasteiger partial charge in [-0.25, -0.2) is 0 Å². The molecule has 3 N–H and O–H groups in total. The molecule has 0 bridgehead atoms. The highest BCUT2D eigenvalue weighted by molar-refractivity contribution is 5.16. The van der Waals surface area contributed by atoms with Crippen molar-refractivity contribution >= 4 is 0 Å². The van der Waals surface area contributed by atoms with E-state index in [1.807, 2.05) is 30.9 Å². The first-order valence-electron chi connectivity index (χ1n) is 6.13. The normalized spacial score (nSPS) is 12.9. The van der Waals surface area contributed by atoms with Crippen LogP contribution in [0.25, 0.3) is 0 Å². The van der Waals surface area contributed by atoms with E-state index in [1.54, 1.807) is 4.68 Å². The molecule has 1 unspecified atom stereocenters. The SMILES string of the molecule is CCn1nc(C)cc1C(Cc1ccn(C)n1)NN. The van der Waals surface area contributed by atoms with E-state index in [0.717, 1.165) is 30.0 Å². The fraction of sp³-hybridized carbons (Fsp3) is 0.500. The Hall–Kier alpha value is -1.66. The van der Waals surface area contributed by atoms with Gasteiger partial charge in [-0.1, -0.05) is 0 Å². The Morgan fingerprint density at radius 3 is 2.78 bits per heavy atom. The van der Waals surface area contributed by atoms with Gasteiger partial charge in [-0.2, -0.15) is 10.2 Å². The standard InChI is InChI=1S/C12H20N6/c1-4-18-12(7-9(2)15-18)11(14-13)8-10-5-6-17(3)16-10/h5-7,11,14H,4,8,13H2,1-3H3. The second-order valence-electron chi connectivity index (χ2n) is 4.43. The quantitative estimate of drug-likeness (QED) is 0.603. The first kappa shape index (κ1) is 12.8. The van der Waals surface area contributed by atoms with Gasteiger partial charge in [-0.05, 0) is 26.0 Å². The van der Waals surface area contributed by atoms with Crippen LogP contribution < -0.4 is 11.3 Å². The number of rotatable bonds is 5. The molecule has 2 rings (SSSR count). The lowest BCUT2D eigenvalue weighted by atomic mass is 10.1. The third kappa shape index (κ3) is 2.60. The highest BCUT2D eigenvalue weighted by Gasteiger charge is 2.17. The lowest BCUT2D eigenvalue weighted by molar-refractivity contribution is 0.484. The molecule has 18 heavy (non-hydrogen) atoms. The molecule has 0 saturated carbocycles. The van der Waals surface area contributed by atoms with E-state index >= 15 is 0 Å². The maximum Gasteiger partial charge on any atom is 0.0685 e. The maximum atomic E-state index is 5.67. The molecule has 2 aromatic rings. The smallest absolute Gasteiger partial charge is 0.0685 e. The molecule has 0 aliphatic carbocycles. The van der Waals surface area contributed by atoms with Gasteiger partial charge in [0.05, 0.1) is 23.1 Å². The zero-order valence-corrected chi connectivity index (χ0v) is 11.1. The molecule has 98 valence electrons. The number of aryl methyl sites for hydroxylation is 3. The first-order valence-corrected chi connectivity index (χ1v) is 6.13. The zero-order chi connectivity index (χ0) is 13.1. The summed E-state index contributed by atoms with van der Waals surface area (Å²) < 4.78 is 3.77. The number of hydrogen-bond acceptors (Lipinski definition) is 4. The zero-order valence-electron chi connectivity index (χ0n) is 11.1. The van der Waals surface area contributed by atoms with Crippen LogP contribution in [-0.2, 0) is 20.0 Å². The van der Waals surface area contributed by atoms with Crippen LogP contribution in [0.4, 0.5) is 0 Å². The van der Waals surface area contributed by atoms with Crippen LogP contribution in [0.5, 0.6) is 0 Å². The molecule has 0 amide bonds. The van der Waals surface area contributed by atoms with E-state index in [0.29, 0.717) is 0 Å². The molecule has 2 heterocycles.